The van der Waals surface area contributed by atoms with Crippen molar-refractivity contribution in [2.45, 2.75) is 39.0 Å². The van der Waals surface area contributed by atoms with Gasteiger partial charge in [0.05, 0.1) is 13.2 Å². The molecule has 1 amide bonds. The number of guanidine groups is 1. The van der Waals surface area contributed by atoms with E-state index >= 15 is 0 Å². The molecule has 1 saturated heterocycles. The van der Waals surface area contributed by atoms with Crippen LogP contribution < -0.4 is 10.6 Å². The minimum atomic E-state index is 0.132. The number of amides is 1. The van der Waals surface area contributed by atoms with Gasteiger partial charge in [-0.1, -0.05) is 54.6 Å². The summed E-state index contributed by atoms with van der Waals surface area (Å²) in [6.45, 7) is 3.73. The molecule has 0 bridgehead atoms. The Kier molecular flexibility index (Phi) is 8.91. The van der Waals surface area contributed by atoms with E-state index in [1.165, 1.54) is 16.7 Å². The zero-order valence-electron chi connectivity index (χ0n) is 18.6. The summed E-state index contributed by atoms with van der Waals surface area (Å²) in [6, 6.07) is 18.6. The van der Waals surface area contributed by atoms with Crippen LogP contribution in [-0.4, -0.2) is 44.0 Å². The van der Waals surface area contributed by atoms with Gasteiger partial charge in [-0.3, -0.25) is 9.79 Å². The number of carbonyl (C=O) groups is 1. The van der Waals surface area contributed by atoms with Crippen molar-refractivity contribution < 1.29 is 9.53 Å². The molecule has 0 spiro atoms. The number of nitrogens with one attached hydrogen (secondary N) is 2. The van der Waals surface area contributed by atoms with Crippen LogP contribution in [0.2, 0.25) is 0 Å². The van der Waals surface area contributed by atoms with Gasteiger partial charge in [0.2, 0.25) is 5.91 Å². The standard InChI is InChI=1S/C25H34N4O2/c1-26-24(30)16-20-12-14-29(15-13-20)25(27-2)28-17-22-10-6-7-11-23(22)19-31-18-21-8-4-3-5-9-21/h3-11,20H,12-19H2,1-2H3,(H,26,30)(H,27,28). The number of carbonyl (C=O) groups excluding carboxylic acids is 1. The third-order valence-electron chi connectivity index (χ3n) is 5.80. The van der Waals surface area contributed by atoms with Gasteiger partial charge in [-0.25, -0.2) is 0 Å². The van der Waals surface area contributed by atoms with Crippen molar-refractivity contribution in [2.24, 2.45) is 10.9 Å². The maximum atomic E-state index is 11.6. The minimum Gasteiger partial charge on any atom is -0.372 e. The van der Waals surface area contributed by atoms with Crippen molar-refractivity contribution >= 4 is 11.9 Å². The highest BCUT2D eigenvalue weighted by Gasteiger charge is 2.23. The van der Waals surface area contributed by atoms with Gasteiger partial charge in [0.15, 0.2) is 5.96 Å². The molecule has 0 saturated carbocycles. The third kappa shape index (κ3) is 7.10. The van der Waals surface area contributed by atoms with Crippen molar-refractivity contribution in [3.05, 3.63) is 71.3 Å². The fourth-order valence-corrected chi connectivity index (χ4v) is 3.94. The Bertz CT molecular complexity index is 846. The zero-order valence-corrected chi connectivity index (χ0v) is 18.6. The molecule has 166 valence electrons. The van der Waals surface area contributed by atoms with Crippen LogP contribution in [0, 0.1) is 5.92 Å². The molecule has 0 unspecified atom stereocenters. The second-order valence-electron chi connectivity index (χ2n) is 7.96. The molecule has 1 heterocycles. The van der Waals surface area contributed by atoms with E-state index in [-0.39, 0.29) is 5.91 Å². The molecule has 1 aliphatic rings. The van der Waals surface area contributed by atoms with Crippen LogP contribution >= 0.6 is 0 Å². The van der Waals surface area contributed by atoms with Gasteiger partial charge in [-0.05, 0) is 35.4 Å². The summed E-state index contributed by atoms with van der Waals surface area (Å²) in [5.74, 6) is 1.50. The van der Waals surface area contributed by atoms with E-state index in [2.05, 4.69) is 56.9 Å². The maximum absolute atomic E-state index is 11.6. The lowest BCUT2D eigenvalue weighted by Crippen LogP contribution is -2.45. The summed E-state index contributed by atoms with van der Waals surface area (Å²) < 4.78 is 5.95. The number of aliphatic imine (C=N–C) groups is 1. The lowest BCUT2D eigenvalue weighted by atomic mass is 9.93. The summed E-state index contributed by atoms with van der Waals surface area (Å²) in [7, 11) is 3.53. The largest absolute Gasteiger partial charge is 0.372 e. The van der Waals surface area contributed by atoms with Crippen LogP contribution in [0.25, 0.3) is 0 Å². The first kappa shape index (κ1) is 22.8. The molecule has 0 aromatic heterocycles. The highest BCUT2D eigenvalue weighted by atomic mass is 16.5. The summed E-state index contributed by atoms with van der Waals surface area (Å²) in [5, 5.41) is 6.24. The molecule has 0 atom stereocenters. The molecule has 2 aromatic rings. The van der Waals surface area contributed by atoms with Gasteiger partial charge >= 0.3 is 0 Å². The number of hydrogen-bond acceptors (Lipinski definition) is 3. The normalized spacial score (nSPS) is 15.0. The first-order chi connectivity index (χ1) is 15.2. The lowest BCUT2D eigenvalue weighted by Gasteiger charge is -2.34. The molecule has 3 rings (SSSR count). The highest BCUT2D eigenvalue weighted by Crippen LogP contribution is 2.20. The van der Waals surface area contributed by atoms with Gasteiger partial charge in [0, 0.05) is 40.2 Å². The predicted octanol–water partition coefficient (Wildman–Crippen LogP) is 3.33. The van der Waals surface area contributed by atoms with Gasteiger partial charge in [-0.15, -0.1) is 0 Å². The van der Waals surface area contributed by atoms with Crippen LogP contribution in [0.1, 0.15) is 36.0 Å². The fraction of sp³-hybridized carbons (Fsp3) is 0.440. The average Bonchev–Trinajstić information content (AvgIpc) is 2.82. The van der Waals surface area contributed by atoms with E-state index in [0.29, 0.717) is 32.1 Å². The molecule has 1 aliphatic heterocycles. The monoisotopic (exact) mass is 422 g/mol. The Hall–Kier alpha value is -2.86. The summed E-state index contributed by atoms with van der Waals surface area (Å²) >= 11 is 0. The number of benzene rings is 2. The molecule has 1 fully saturated rings. The molecule has 2 N–H and O–H groups in total. The lowest BCUT2D eigenvalue weighted by molar-refractivity contribution is -0.121. The Morgan fingerprint density at radius 3 is 2.39 bits per heavy atom. The maximum Gasteiger partial charge on any atom is 0.220 e. The average molecular weight is 423 g/mol. The topological polar surface area (TPSA) is 66.0 Å². The van der Waals surface area contributed by atoms with Crippen LogP contribution in [0.15, 0.2) is 59.6 Å². The van der Waals surface area contributed by atoms with E-state index < -0.39 is 0 Å². The zero-order chi connectivity index (χ0) is 21.9. The minimum absolute atomic E-state index is 0.132. The van der Waals surface area contributed by atoms with Gasteiger partial charge in [0.1, 0.15) is 0 Å². The first-order valence-corrected chi connectivity index (χ1v) is 11.0. The molecule has 2 aromatic carbocycles. The van der Waals surface area contributed by atoms with E-state index in [9.17, 15) is 4.79 Å². The quantitative estimate of drug-likeness (QED) is 0.506. The summed E-state index contributed by atoms with van der Waals surface area (Å²) in [4.78, 5) is 18.4. The molecule has 31 heavy (non-hydrogen) atoms. The Balaban J connectivity index is 1.49. The molecular weight excluding hydrogens is 388 g/mol. The SMILES string of the molecule is CN=C(NCc1ccccc1COCc1ccccc1)N1CCC(CC(=O)NC)CC1. The number of ether oxygens (including phenoxy) is 1. The van der Waals surface area contributed by atoms with Gasteiger partial charge in [-0.2, -0.15) is 0 Å². The first-order valence-electron chi connectivity index (χ1n) is 11.0. The van der Waals surface area contributed by atoms with E-state index in [1.807, 2.05) is 25.2 Å². The van der Waals surface area contributed by atoms with E-state index in [1.54, 1.807) is 7.05 Å². The third-order valence-corrected chi connectivity index (χ3v) is 5.80. The number of hydrogen-bond donors (Lipinski definition) is 2. The van der Waals surface area contributed by atoms with Crippen LogP contribution in [0.4, 0.5) is 0 Å². The van der Waals surface area contributed by atoms with E-state index in [4.69, 9.17) is 4.74 Å². The van der Waals surface area contributed by atoms with Crippen molar-refractivity contribution in [1.29, 1.82) is 0 Å². The molecule has 6 heteroatoms. The van der Waals surface area contributed by atoms with Crippen molar-refractivity contribution in [3.63, 3.8) is 0 Å². The van der Waals surface area contributed by atoms with Crippen LogP contribution in [0.5, 0.6) is 0 Å². The van der Waals surface area contributed by atoms with Crippen molar-refractivity contribution in [3.8, 4) is 0 Å². The van der Waals surface area contributed by atoms with Gasteiger partial charge < -0.3 is 20.3 Å². The highest BCUT2D eigenvalue weighted by molar-refractivity contribution is 5.80. The number of piperidine rings is 1. The van der Waals surface area contributed by atoms with Crippen LogP contribution in [0.3, 0.4) is 0 Å². The molecule has 6 nitrogen and oxygen atoms in total. The Morgan fingerprint density at radius 1 is 1.03 bits per heavy atom. The Morgan fingerprint density at radius 2 is 1.71 bits per heavy atom. The predicted molar refractivity (Wildman–Crippen MR) is 125 cm³/mol. The van der Waals surface area contributed by atoms with Gasteiger partial charge in [0.25, 0.3) is 0 Å². The smallest absolute Gasteiger partial charge is 0.220 e. The van der Waals surface area contributed by atoms with Crippen molar-refractivity contribution in [1.82, 2.24) is 15.5 Å². The van der Waals surface area contributed by atoms with E-state index in [0.717, 1.165) is 31.9 Å². The van der Waals surface area contributed by atoms with Crippen LogP contribution in [-0.2, 0) is 29.3 Å². The summed E-state index contributed by atoms with van der Waals surface area (Å²) in [6.07, 6.45) is 2.64. The Labute approximate surface area is 185 Å². The second-order valence-corrected chi connectivity index (χ2v) is 7.96. The summed E-state index contributed by atoms with van der Waals surface area (Å²) in [5.41, 5.74) is 3.58. The number of likely N-dealkylation sites (tertiary alicyclic amines) is 1. The molecule has 0 aliphatic carbocycles. The number of nitrogens with zero attached hydrogens (tertiary/aromatic N) is 2. The van der Waals surface area contributed by atoms with Crippen molar-refractivity contribution in [2.75, 3.05) is 27.2 Å². The molecular formula is C25H34N4O2. The molecule has 0 radical (unpaired) electrons. The fourth-order valence-electron chi connectivity index (χ4n) is 3.94. The number of rotatable bonds is 8. The second kappa shape index (κ2) is 12.1.